The SMILES string of the molecule is CCOc1c(Cl)cccc1CN1CCC(C(C)N)CC1. The van der Waals surface area contributed by atoms with Crippen LogP contribution in [0.15, 0.2) is 18.2 Å². The number of benzene rings is 1. The van der Waals surface area contributed by atoms with Crippen LogP contribution in [0.3, 0.4) is 0 Å². The summed E-state index contributed by atoms with van der Waals surface area (Å²) in [4.78, 5) is 2.47. The average Bonchev–Trinajstić information content (AvgIpc) is 2.43. The number of hydrogen-bond acceptors (Lipinski definition) is 3. The summed E-state index contributed by atoms with van der Waals surface area (Å²) in [6, 6.07) is 6.30. The molecule has 2 rings (SSSR count). The Balaban J connectivity index is 1.99. The molecule has 1 saturated heterocycles. The van der Waals surface area contributed by atoms with Crippen molar-refractivity contribution in [1.29, 1.82) is 0 Å². The lowest BCUT2D eigenvalue weighted by Crippen LogP contribution is -2.39. The van der Waals surface area contributed by atoms with Gasteiger partial charge in [-0.25, -0.2) is 0 Å². The van der Waals surface area contributed by atoms with Crippen molar-refractivity contribution >= 4 is 11.6 Å². The normalized spacial score (nSPS) is 19.0. The van der Waals surface area contributed by atoms with Crippen LogP contribution < -0.4 is 10.5 Å². The summed E-state index contributed by atoms with van der Waals surface area (Å²) < 4.78 is 5.69. The molecular weight excluding hydrogens is 272 g/mol. The summed E-state index contributed by atoms with van der Waals surface area (Å²) in [5.41, 5.74) is 7.17. The molecule has 2 N–H and O–H groups in total. The molecule has 1 unspecified atom stereocenters. The van der Waals surface area contributed by atoms with E-state index in [9.17, 15) is 0 Å². The lowest BCUT2D eigenvalue weighted by atomic mass is 9.91. The molecule has 1 aromatic rings. The second-order valence-electron chi connectivity index (χ2n) is 5.63. The van der Waals surface area contributed by atoms with Gasteiger partial charge in [-0.3, -0.25) is 4.90 Å². The molecule has 1 aliphatic rings. The zero-order valence-corrected chi connectivity index (χ0v) is 13.2. The maximum atomic E-state index is 6.23. The van der Waals surface area contributed by atoms with Crippen molar-refractivity contribution in [3.63, 3.8) is 0 Å². The van der Waals surface area contributed by atoms with Crippen LogP contribution in [-0.2, 0) is 6.54 Å². The van der Waals surface area contributed by atoms with E-state index in [-0.39, 0.29) is 0 Å². The molecular formula is C16H25ClN2O. The summed E-state index contributed by atoms with van der Waals surface area (Å²) in [6.07, 6.45) is 2.37. The second kappa shape index (κ2) is 7.30. The van der Waals surface area contributed by atoms with Crippen molar-refractivity contribution in [1.82, 2.24) is 4.90 Å². The Hall–Kier alpha value is -0.770. The highest BCUT2D eigenvalue weighted by Gasteiger charge is 2.22. The molecule has 0 radical (unpaired) electrons. The van der Waals surface area contributed by atoms with Crippen molar-refractivity contribution < 1.29 is 4.74 Å². The number of hydrogen-bond donors (Lipinski definition) is 1. The third-order valence-electron chi connectivity index (χ3n) is 4.11. The van der Waals surface area contributed by atoms with E-state index in [2.05, 4.69) is 17.9 Å². The van der Waals surface area contributed by atoms with E-state index >= 15 is 0 Å². The van der Waals surface area contributed by atoms with Gasteiger partial charge in [-0.05, 0) is 51.8 Å². The average molecular weight is 297 g/mol. The Morgan fingerprint density at radius 1 is 1.40 bits per heavy atom. The summed E-state index contributed by atoms with van der Waals surface area (Å²) in [5, 5.41) is 0.704. The third kappa shape index (κ3) is 3.87. The minimum atomic E-state index is 0.308. The first-order chi connectivity index (χ1) is 9.61. The molecule has 0 spiro atoms. The van der Waals surface area contributed by atoms with Crippen LogP contribution in [0.4, 0.5) is 0 Å². The molecule has 0 bridgehead atoms. The summed E-state index contributed by atoms with van der Waals surface area (Å²) in [6.45, 7) is 7.85. The molecule has 4 heteroatoms. The fraction of sp³-hybridized carbons (Fsp3) is 0.625. The van der Waals surface area contributed by atoms with Crippen molar-refractivity contribution in [3.05, 3.63) is 28.8 Å². The first-order valence-electron chi connectivity index (χ1n) is 7.50. The lowest BCUT2D eigenvalue weighted by molar-refractivity contribution is 0.164. The highest BCUT2D eigenvalue weighted by atomic mass is 35.5. The van der Waals surface area contributed by atoms with Gasteiger partial charge in [-0.2, -0.15) is 0 Å². The molecule has 1 fully saturated rings. The fourth-order valence-electron chi connectivity index (χ4n) is 2.86. The van der Waals surface area contributed by atoms with Gasteiger partial charge in [0.2, 0.25) is 0 Å². The van der Waals surface area contributed by atoms with Gasteiger partial charge in [0.15, 0.2) is 0 Å². The molecule has 0 amide bonds. The first-order valence-corrected chi connectivity index (χ1v) is 7.87. The topological polar surface area (TPSA) is 38.5 Å². The van der Waals surface area contributed by atoms with Gasteiger partial charge in [0.25, 0.3) is 0 Å². The van der Waals surface area contributed by atoms with Gasteiger partial charge in [-0.15, -0.1) is 0 Å². The van der Waals surface area contributed by atoms with Crippen LogP contribution in [0.2, 0.25) is 5.02 Å². The van der Waals surface area contributed by atoms with Crippen molar-refractivity contribution in [2.24, 2.45) is 11.7 Å². The summed E-state index contributed by atoms with van der Waals surface area (Å²) >= 11 is 6.23. The monoisotopic (exact) mass is 296 g/mol. The number of piperidine rings is 1. The van der Waals surface area contributed by atoms with Crippen LogP contribution in [0.1, 0.15) is 32.3 Å². The third-order valence-corrected chi connectivity index (χ3v) is 4.40. The number of ether oxygens (including phenoxy) is 1. The number of halogens is 1. The zero-order valence-electron chi connectivity index (χ0n) is 12.4. The van der Waals surface area contributed by atoms with Gasteiger partial charge < -0.3 is 10.5 Å². The van der Waals surface area contributed by atoms with Crippen molar-refractivity contribution in [3.8, 4) is 5.75 Å². The van der Waals surface area contributed by atoms with Gasteiger partial charge >= 0.3 is 0 Å². The number of rotatable bonds is 5. The molecule has 20 heavy (non-hydrogen) atoms. The van der Waals surface area contributed by atoms with E-state index in [0.717, 1.165) is 25.4 Å². The van der Waals surface area contributed by atoms with Crippen LogP contribution in [0.25, 0.3) is 0 Å². The fourth-order valence-corrected chi connectivity index (χ4v) is 3.11. The molecule has 1 aromatic carbocycles. The largest absolute Gasteiger partial charge is 0.492 e. The highest BCUT2D eigenvalue weighted by molar-refractivity contribution is 6.32. The summed E-state index contributed by atoms with van der Waals surface area (Å²) in [5.74, 6) is 1.50. The van der Waals surface area contributed by atoms with Crippen LogP contribution in [0, 0.1) is 5.92 Å². The molecule has 1 aliphatic heterocycles. The lowest BCUT2D eigenvalue weighted by Gasteiger charge is -2.34. The minimum absolute atomic E-state index is 0.308. The Labute approximate surface area is 127 Å². The molecule has 1 atom stereocenters. The zero-order chi connectivity index (χ0) is 14.5. The quantitative estimate of drug-likeness (QED) is 0.906. The summed E-state index contributed by atoms with van der Waals surface area (Å²) in [7, 11) is 0. The standard InChI is InChI=1S/C16H25ClN2O/c1-3-20-16-14(5-4-6-15(16)17)11-19-9-7-13(8-10-19)12(2)18/h4-6,12-13H,3,7-11,18H2,1-2H3. The second-order valence-corrected chi connectivity index (χ2v) is 6.04. The maximum absolute atomic E-state index is 6.23. The van der Waals surface area contributed by atoms with Gasteiger partial charge in [0, 0.05) is 18.2 Å². The van der Waals surface area contributed by atoms with Crippen LogP contribution >= 0.6 is 11.6 Å². The molecule has 3 nitrogen and oxygen atoms in total. The predicted molar refractivity (Wildman–Crippen MR) is 84.3 cm³/mol. The molecule has 0 aromatic heterocycles. The van der Waals surface area contributed by atoms with E-state index in [4.69, 9.17) is 22.1 Å². The van der Waals surface area contributed by atoms with E-state index in [1.54, 1.807) is 0 Å². The Morgan fingerprint density at radius 3 is 2.70 bits per heavy atom. The minimum Gasteiger partial charge on any atom is -0.492 e. The van der Waals surface area contributed by atoms with Gasteiger partial charge in [0.05, 0.1) is 11.6 Å². The van der Waals surface area contributed by atoms with Crippen LogP contribution in [0.5, 0.6) is 5.75 Å². The van der Waals surface area contributed by atoms with E-state index in [1.807, 2.05) is 19.1 Å². The predicted octanol–water partition coefficient (Wildman–Crippen LogP) is 3.30. The number of nitrogens with zero attached hydrogens (tertiary/aromatic N) is 1. The molecule has 0 aliphatic carbocycles. The smallest absolute Gasteiger partial charge is 0.142 e. The number of nitrogens with two attached hydrogens (primary N) is 1. The maximum Gasteiger partial charge on any atom is 0.142 e. The molecule has 112 valence electrons. The number of para-hydroxylation sites is 1. The van der Waals surface area contributed by atoms with E-state index in [0.29, 0.717) is 23.6 Å². The van der Waals surface area contributed by atoms with Gasteiger partial charge in [-0.1, -0.05) is 23.7 Å². The van der Waals surface area contributed by atoms with Crippen molar-refractivity contribution in [2.75, 3.05) is 19.7 Å². The van der Waals surface area contributed by atoms with E-state index < -0.39 is 0 Å². The Morgan fingerprint density at radius 2 is 2.10 bits per heavy atom. The molecule has 1 heterocycles. The van der Waals surface area contributed by atoms with Crippen molar-refractivity contribution in [2.45, 2.75) is 39.3 Å². The highest BCUT2D eigenvalue weighted by Crippen LogP contribution is 2.30. The molecule has 0 saturated carbocycles. The van der Waals surface area contributed by atoms with Gasteiger partial charge in [0.1, 0.15) is 5.75 Å². The Bertz CT molecular complexity index is 428. The number of likely N-dealkylation sites (tertiary alicyclic amines) is 1. The van der Waals surface area contributed by atoms with Crippen LogP contribution in [-0.4, -0.2) is 30.6 Å². The first kappa shape index (κ1) is 15.6. The Kier molecular flexibility index (Phi) is 5.70. The van der Waals surface area contributed by atoms with E-state index in [1.165, 1.54) is 18.4 Å².